The van der Waals surface area contributed by atoms with E-state index in [1.165, 1.54) is 10.5 Å². The molecule has 5 nitrogen and oxygen atoms in total. The summed E-state index contributed by atoms with van der Waals surface area (Å²) in [5.41, 5.74) is 1.42. The van der Waals surface area contributed by atoms with Crippen LogP contribution in [0.4, 0.5) is 0 Å². The van der Waals surface area contributed by atoms with E-state index >= 15 is 0 Å². The Morgan fingerprint density at radius 3 is 2.21 bits per heavy atom. The Hall–Kier alpha value is -1.50. The first-order chi connectivity index (χ1) is 11.7. The van der Waals surface area contributed by atoms with E-state index < -0.39 is 0 Å². The van der Waals surface area contributed by atoms with E-state index in [1.807, 2.05) is 0 Å². The summed E-state index contributed by atoms with van der Waals surface area (Å²) in [7, 11) is 0. The Kier molecular flexibility index (Phi) is 4.52. The van der Waals surface area contributed by atoms with Gasteiger partial charge < -0.3 is 9.80 Å². The maximum atomic E-state index is 12.6. The molecule has 128 valence electrons. The van der Waals surface area contributed by atoms with Crippen molar-refractivity contribution in [1.82, 2.24) is 4.90 Å². The number of amides is 2. The van der Waals surface area contributed by atoms with Gasteiger partial charge in [0.15, 0.2) is 6.67 Å². The molecule has 6 heteroatoms. The molecule has 2 atom stereocenters. The number of nitrogens with one attached hydrogen (secondary N) is 2. The predicted molar refractivity (Wildman–Crippen MR) is 91.5 cm³/mol. The average Bonchev–Trinajstić information content (AvgIpc) is 3.20. The van der Waals surface area contributed by atoms with Gasteiger partial charge in [-0.1, -0.05) is 12.2 Å². The highest BCUT2D eigenvalue weighted by molar-refractivity contribution is 7.07. The number of rotatable bonds is 4. The monoisotopic (exact) mass is 347 g/mol. The van der Waals surface area contributed by atoms with Crippen LogP contribution in [0.25, 0.3) is 0 Å². The minimum atomic E-state index is -0.0904. The molecule has 1 aromatic heterocycles. The van der Waals surface area contributed by atoms with E-state index in [1.54, 1.807) is 21.1 Å². The van der Waals surface area contributed by atoms with Gasteiger partial charge in [-0.2, -0.15) is 11.3 Å². The molecule has 4 rings (SSSR count). The van der Waals surface area contributed by atoms with Crippen molar-refractivity contribution in [2.24, 2.45) is 11.8 Å². The van der Waals surface area contributed by atoms with Gasteiger partial charge in [0.25, 0.3) is 0 Å². The van der Waals surface area contributed by atoms with Crippen molar-refractivity contribution in [3.8, 4) is 0 Å². The van der Waals surface area contributed by atoms with Crippen LogP contribution < -0.4 is 9.80 Å². The average molecular weight is 347 g/mol. The first-order valence-corrected chi connectivity index (χ1v) is 9.85. The summed E-state index contributed by atoms with van der Waals surface area (Å²) in [6.45, 7) is 5.93. The van der Waals surface area contributed by atoms with Crippen molar-refractivity contribution >= 4 is 23.2 Å². The van der Waals surface area contributed by atoms with Crippen LogP contribution in [0, 0.1) is 11.8 Å². The third-order valence-corrected chi connectivity index (χ3v) is 6.41. The number of allylic oxidation sites excluding steroid dienone is 2. The number of quaternary nitrogens is 2. The normalized spacial score (nSPS) is 33.1. The number of hydrogen-bond donors (Lipinski definition) is 2. The van der Waals surface area contributed by atoms with E-state index in [0.29, 0.717) is 6.67 Å². The van der Waals surface area contributed by atoms with Gasteiger partial charge in [-0.3, -0.25) is 9.59 Å². The van der Waals surface area contributed by atoms with Crippen LogP contribution in [0.5, 0.6) is 0 Å². The van der Waals surface area contributed by atoms with Crippen LogP contribution >= 0.6 is 11.3 Å². The molecule has 3 heterocycles. The standard InChI is InChI=1S/C18H23N3O2S/c22-17-15-3-1-2-4-16(15)18(23)21(17)13-20-8-6-19(7-9-20)11-14-5-10-24-12-14/h1-2,5,10,12,15-16H,3-4,6-9,11,13H2/p+2/t15-,16+. The molecule has 1 aliphatic carbocycles. The second-order valence-corrected chi connectivity index (χ2v) is 8.01. The molecular weight excluding hydrogens is 322 g/mol. The summed E-state index contributed by atoms with van der Waals surface area (Å²) in [5, 5.41) is 4.36. The number of fused-ring (bicyclic) bond motifs is 1. The van der Waals surface area contributed by atoms with Gasteiger partial charge in [0.2, 0.25) is 11.8 Å². The fourth-order valence-electron chi connectivity index (χ4n) is 4.22. The van der Waals surface area contributed by atoms with Gasteiger partial charge in [0.05, 0.1) is 11.8 Å². The molecule has 0 spiro atoms. The lowest BCUT2D eigenvalue weighted by atomic mass is 9.85. The summed E-state index contributed by atoms with van der Waals surface area (Å²) in [6.07, 6.45) is 5.57. The molecule has 2 N–H and O–H groups in total. The molecule has 2 aliphatic heterocycles. The molecule has 0 bridgehead atoms. The highest BCUT2D eigenvalue weighted by Gasteiger charge is 2.48. The number of hydrogen-bond acceptors (Lipinski definition) is 3. The molecule has 2 amide bonds. The fourth-order valence-corrected chi connectivity index (χ4v) is 4.89. The van der Waals surface area contributed by atoms with Gasteiger partial charge in [-0.15, -0.1) is 0 Å². The quantitative estimate of drug-likeness (QED) is 0.539. The van der Waals surface area contributed by atoms with E-state index in [-0.39, 0.29) is 23.7 Å². The first kappa shape index (κ1) is 16.0. The minimum Gasteiger partial charge on any atom is -0.322 e. The van der Waals surface area contributed by atoms with Crippen LogP contribution in [-0.2, 0) is 16.1 Å². The van der Waals surface area contributed by atoms with Crippen LogP contribution in [0.15, 0.2) is 29.0 Å². The number of piperazine rings is 1. The maximum absolute atomic E-state index is 12.6. The number of carbonyl (C=O) groups is 2. The molecule has 2 saturated heterocycles. The molecule has 0 unspecified atom stereocenters. The second kappa shape index (κ2) is 6.78. The predicted octanol–water partition coefficient (Wildman–Crippen LogP) is -1.06. The molecule has 0 aromatic carbocycles. The Morgan fingerprint density at radius 2 is 1.62 bits per heavy atom. The second-order valence-electron chi connectivity index (χ2n) is 7.23. The zero-order chi connectivity index (χ0) is 16.5. The van der Waals surface area contributed by atoms with Crippen molar-refractivity contribution in [3.63, 3.8) is 0 Å². The molecule has 0 radical (unpaired) electrons. The topological polar surface area (TPSA) is 46.3 Å². The minimum absolute atomic E-state index is 0.0647. The van der Waals surface area contributed by atoms with Gasteiger partial charge in [-0.05, 0) is 29.7 Å². The van der Waals surface area contributed by atoms with Crippen LogP contribution in [0.2, 0.25) is 0 Å². The molecular formula is C18H25N3O2S+2. The molecule has 2 fully saturated rings. The number of imide groups is 1. The highest BCUT2D eigenvalue weighted by atomic mass is 32.1. The Labute approximate surface area is 146 Å². The van der Waals surface area contributed by atoms with Crippen molar-refractivity contribution < 1.29 is 19.4 Å². The van der Waals surface area contributed by atoms with Gasteiger partial charge in [0.1, 0.15) is 32.7 Å². The van der Waals surface area contributed by atoms with Crippen molar-refractivity contribution in [2.45, 2.75) is 19.4 Å². The zero-order valence-electron chi connectivity index (χ0n) is 13.9. The van der Waals surface area contributed by atoms with Crippen molar-refractivity contribution in [3.05, 3.63) is 34.5 Å². The molecule has 1 aromatic rings. The lowest BCUT2D eigenvalue weighted by Crippen LogP contribution is -3.28. The van der Waals surface area contributed by atoms with Gasteiger partial charge in [0, 0.05) is 5.56 Å². The van der Waals surface area contributed by atoms with E-state index in [2.05, 4.69) is 29.0 Å². The number of likely N-dealkylation sites (tertiary alicyclic amines) is 1. The van der Waals surface area contributed by atoms with E-state index in [0.717, 1.165) is 45.6 Å². The highest BCUT2D eigenvalue weighted by Crippen LogP contribution is 2.34. The number of thiophene rings is 1. The maximum Gasteiger partial charge on any atom is 0.237 e. The summed E-state index contributed by atoms with van der Waals surface area (Å²) >= 11 is 1.75. The summed E-state index contributed by atoms with van der Waals surface area (Å²) in [5.74, 6) is -0.0513. The number of nitrogens with zero attached hydrogens (tertiary/aromatic N) is 1. The Bertz CT molecular complexity index is 609. The van der Waals surface area contributed by atoms with E-state index in [4.69, 9.17) is 0 Å². The fraction of sp³-hybridized carbons (Fsp3) is 0.556. The van der Waals surface area contributed by atoms with E-state index in [9.17, 15) is 9.59 Å². The summed E-state index contributed by atoms with van der Waals surface area (Å²) in [4.78, 5) is 29.6. The third-order valence-electron chi connectivity index (χ3n) is 5.68. The first-order valence-electron chi connectivity index (χ1n) is 8.91. The van der Waals surface area contributed by atoms with Crippen LogP contribution in [-0.4, -0.2) is 49.6 Å². The molecule has 3 aliphatic rings. The molecule has 0 saturated carbocycles. The van der Waals surface area contributed by atoms with Crippen LogP contribution in [0.3, 0.4) is 0 Å². The summed E-state index contributed by atoms with van der Waals surface area (Å²) in [6, 6.07) is 2.20. The third kappa shape index (κ3) is 3.06. The van der Waals surface area contributed by atoms with Crippen LogP contribution in [0.1, 0.15) is 18.4 Å². The molecule has 24 heavy (non-hydrogen) atoms. The SMILES string of the molecule is O=C1[C@H]2CC=CC[C@H]2C(=O)N1C[NH+]1CC[NH+](Cc2ccsc2)CC1. The Balaban J connectivity index is 1.31. The Morgan fingerprint density at radius 1 is 1.00 bits per heavy atom. The smallest absolute Gasteiger partial charge is 0.237 e. The number of carbonyl (C=O) groups excluding carboxylic acids is 2. The summed E-state index contributed by atoms with van der Waals surface area (Å²) < 4.78 is 0. The largest absolute Gasteiger partial charge is 0.322 e. The lowest BCUT2D eigenvalue weighted by Gasteiger charge is -2.31. The lowest BCUT2D eigenvalue weighted by molar-refractivity contribution is -1.02. The van der Waals surface area contributed by atoms with Crippen molar-refractivity contribution in [1.29, 1.82) is 0 Å². The van der Waals surface area contributed by atoms with Gasteiger partial charge in [-0.25, -0.2) is 4.90 Å². The van der Waals surface area contributed by atoms with Crippen molar-refractivity contribution in [2.75, 3.05) is 32.8 Å². The zero-order valence-corrected chi connectivity index (χ0v) is 14.7. The van der Waals surface area contributed by atoms with Gasteiger partial charge >= 0.3 is 0 Å².